The molecule has 18 heavy (non-hydrogen) atoms. The van der Waals surface area contributed by atoms with Crippen LogP contribution < -0.4 is 5.73 Å². The molecule has 4 heteroatoms. The highest BCUT2D eigenvalue weighted by molar-refractivity contribution is 5.72. The molecule has 0 saturated carbocycles. The van der Waals surface area contributed by atoms with Gasteiger partial charge in [0.15, 0.2) is 0 Å². The van der Waals surface area contributed by atoms with Crippen LogP contribution in [-0.2, 0) is 9.53 Å². The van der Waals surface area contributed by atoms with Gasteiger partial charge in [0.05, 0.1) is 18.6 Å². The van der Waals surface area contributed by atoms with Gasteiger partial charge in [-0.25, -0.2) is 0 Å². The Morgan fingerprint density at radius 2 is 1.72 bits per heavy atom. The van der Waals surface area contributed by atoms with E-state index >= 15 is 0 Å². The smallest absolute Gasteiger partial charge is 0.308 e. The van der Waals surface area contributed by atoms with Gasteiger partial charge in [0, 0.05) is 11.0 Å². The molecular formula is C14H29NO3. The maximum atomic E-state index is 11.8. The van der Waals surface area contributed by atoms with Crippen LogP contribution in [0.3, 0.4) is 0 Å². The third kappa shape index (κ3) is 8.48. The van der Waals surface area contributed by atoms with E-state index in [1.54, 1.807) is 6.92 Å². The van der Waals surface area contributed by atoms with Gasteiger partial charge >= 0.3 is 5.97 Å². The number of nitrogens with two attached hydrogens (primary N) is 1. The molecule has 0 aromatic rings. The number of aliphatic hydroxyl groups is 1. The lowest BCUT2D eigenvalue weighted by Gasteiger charge is -2.27. The molecule has 0 aliphatic heterocycles. The van der Waals surface area contributed by atoms with Crippen LogP contribution in [-0.4, -0.2) is 29.3 Å². The maximum absolute atomic E-state index is 11.8. The second-order valence-electron chi connectivity index (χ2n) is 6.92. The lowest BCUT2D eigenvalue weighted by Crippen LogP contribution is -2.36. The third-order valence-electron chi connectivity index (χ3n) is 2.69. The van der Waals surface area contributed by atoms with Crippen LogP contribution in [0.5, 0.6) is 0 Å². The lowest BCUT2D eigenvalue weighted by molar-refractivity contribution is -0.152. The van der Waals surface area contributed by atoms with E-state index in [0.29, 0.717) is 19.4 Å². The molecule has 2 atom stereocenters. The fourth-order valence-corrected chi connectivity index (χ4v) is 2.14. The van der Waals surface area contributed by atoms with Gasteiger partial charge in [0.25, 0.3) is 0 Å². The average Bonchev–Trinajstić information content (AvgIpc) is 2.09. The first kappa shape index (κ1) is 17.4. The van der Waals surface area contributed by atoms with E-state index in [4.69, 9.17) is 10.5 Å². The normalized spacial score (nSPS) is 16.2. The highest BCUT2D eigenvalue weighted by Gasteiger charge is 2.26. The van der Waals surface area contributed by atoms with E-state index in [1.165, 1.54) is 0 Å². The molecule has 0 saturated heterocycles. The van der Waals surface area contributed by atoms with Crippen LogP contribution in [0.25, 0.3) is 0 Å². The number of ether oxygens (including phenoxy) is 1. The van der Waals surface area contributed by atoms with Crippen LogP contribution in [0.15, 0.2) is 0 Å². The number of carbonyl (C=O) groups excluding carboxylic acids is 1. The summed E-state index contributed by atoms with van der Waals surface area (Å²) in [6, 6.07) is 0. The zero-order valence-electron chi connectivity index (χ0n) is 12.6. The molecule has 0 rings (SSSR count). The molecule has 2 unspecified atom stereocenters. The predicted octanol–water partition coefficient (Wildman–Crippen LogP) is 2.09. The predicted molar refractivity (Wildman–Crippen MR) is 73.1 cm³/mol. The second-order valence-corrected chi connectivity index (χ2v) is 6.92. The van der Waals surface area contributed by atoms with Gasteiger partial charge in [-0.15, -0.1) is 0 Å². The number of rotatable bonds is 7. The monoisotopic (exact) mass is 259 g/mol. The molecule has 0 radical (unpaired) electrons. The van der Waals surface area contributed by atoms with Gasteiger partial charge in [-0.3, -0.25) is 4.79 Å². The van der Waals surface area contributed by atoms with Crippen LogP contribution in [0.4, 0.5) is 0 Å². The molecule has 108 valence electrons. The van der Waals surface area contributed by atoms with Gasteiger partial charge in [-0.05, 0) is 33.6 Å². The fourth-order valence-electron chi connectivity index (χ4n) is 2.14. The first-order valence-corrected chi connectivity index (χ1v) is 6.56. The Balaban J connectivity index is 4.17. The van der Waals surface area contributed by atoms with Gasteiger partial charge in [-0.1, -0.05) is 20.8 Å². The number of esters is 1. The maximum Gasteiger partial charge on any atom is 0.308 e. The van der Waals surface area contributed by atoms with Gasteiger partial charge in [0.1, 0.15) is 0 Å². The number of aliphatic hydroxyl groups excluding tert-OH is 1. The van der Waals surface area contributed by atoms with Crippen molar-refractivity contribution in [2.45, 2.75) is 66.0 Å². The Labute approximate surface area is 111 Å². The van der Waals surface area contributed by atoms with Crippen LogP contribution >= 0.6 is 0 Å². The Kier molecular flexibility index (Phi) is 6.30. The molecule has 0 aromatic heterocycles. The number of hydrogen-bond acceptors (Lipinski definition) is 4. The van der Waals surface area contributed by atoms with Crippen molar-refractivity contribution in [1.82, 2.24) is 0 Å². The largest absolute Gasteiger partial charge is 0.465 e. The van der Waals surface area contributed by atoms with E-state index in [9.17, 15) is 9.90 Å². The summed E-state index contributed by atoms with van der Waals surface area (Å²) in [5, 5.41) is 9.36. The molecule has 0 fully saturated rings. The van der Waals surface area contributed by atoms with E-state index in [-0.39, 0.29) is 28.9 Å². The molecule has 0 amide bonds. The SMILES string of the molecule is CC(O)CC(C)(C)COC(=O)C(C)CC(C)(C)N. The average molecular weight is 259 g/mol. The van der Waals surface area contributed by atoms with Gasteiger partial charge < -0.3 is 15.6 Å². The minimum absolute atomic E-state index is 0.202. The Hall–Kier alpha value is -0.610. The zero-order chi connectivity index (χ0) is 14.6. The molecule has 0 aliphatic carbocycles. The Bertz CT molecular complexity index is 267. The lowest BCUT2D eigenvalue weighted by atomic mass is 9.88. The van der Waals surface area contributed by atoms with Crippen molar-refractivity contribution in [2.75, 3.05) is 6.61 Å². The molecule has 0 aromatic carbocycles. The van der Waals surface area contributed by atoms with Crippen molar-refractivity contribution >= 4 is 5.97 Å². The Morgan fingerprint density at radius 1 is 1.22 bits per heavy atom. The number of hydrogen-bond donors (Lipinski definition) is 2. The molecule has 0 heterocycles. The summed E-state index contributed by atoms with van der Waals surface area (Å²) in [6.45, 7) is 11.6. The van der Waals surface area contributed by atoms with Crippen LogP contribution in [0, 0.1) is 11.3 Å². The fraction of sp³-hybridized carbons (Fsp3) is 0.929. The molecule has 0 aliphatic rings. The van der Waals surface area contributed by atoms with E-state index in [0.717, 1.165) is 0 Å². The van der Waals surface area contributed by atoms with Crippen molar-refractivity contribution in [2.24, 2.45) is 17.1 Å². The van der Waals surface area contributed by atoms with E-state index < -0.39 is 0 Å². The summed E-state index contributed by atoms with van der Waals surface area (Å²) in [6.07, 6.45) is 0.818. The standard InChI is InChI=1S/C14H29NO3/c1-10(7-14(5,6)15)12(17)18-9-13(3,4)8-11(2)16/h10-11,16H,7-9,15H2,1-6H3. The molecule has 0 spiro atoms. The van der Waals surface area contributed by atoms with Crippen LogP contribution in [0.1, 0.15) is 54.4 Å². The highest BCUT2D eigenvalue weighted by Crippen LogP contribution is 2.24. The van der Waals surface area contributed by atoms with E-state index in [2.05, 4.69) is 0 Å². The summed E-state index contributed by atoms with van der Waals surface area (Å²) in [4.78, 5) is 11.8. The summed E-state index contributed by atoms with van der Waals surface area (Å²) in [5.41, 5.74) is 5.31. The molecule has 0 bridgehead atoms. The summed E-state index contributed by atoms with van der Waals surface area (Å²) < 4.78 is 5.31. The molecule has 4 nitrogen and oxygen atoms in total. The third-order valence-corrected chi connectivity index (χ3v) is 2.69. The van der Waals surface area contributed by atoms with Crippen molar-refractivity contribution in [3.05, 3.63) is 0 Å². The minimum atomic E-state index is -0.390. The number of carbonyl (C=O) groups is 1. The van der Waals surface area contributed by atoms with Crippen molar-refractivity contribution in [3.8, 4) is 0 Å². The van der Waals surface area contributed by atoms with Gasteiger partial charge in [0.2, 0.25) is 0 Å². The Morgan fingerprint density at radius 3 is 2.11 bits per heavy atom. The topological polar surface area (TPSA) is 72.5 Å². The zero-order valence-corrected chi connectivity index (χ0v) is 12.6. The van der Waals surface area contributed by atoms with E-state index in [1.807, 2.05) is 34.6 Å². The van der Waals surface area contributed by atoms with Crippen molar-refractivity contribution < 1.29 is 14.6 Å². The summed E-state index contributed by atoms with van der Waals surface area (Å²) in [7, 11) is 0. The quantitative estimate of drug-likeness (QED) is 0.687. The van der Waals surface area contributed by atoms with Crippen molar-refractivity contribution in [3.63, 3.8) is 0 Å². The summed E-state index contributed by atoms with van der Waals surface area (Å²) in [5.74, 6) is -0.417. The second kappa shape index (κ2) is 6.53. The molecule has 3 N–H and O–H groups in total. The first-order valence-electron chi connectivity index (χ1n) is 6.56. The molecular weight excluding hydrogens is 230 g/mol. The van der Waals surface area contributed by atoms with Gasteiger partial charge in [-0.2, -0.15) is 0 Å². The van der Waals surface area contributed by atoms with Crippen molar-refractivity contribution in [1.29, 1.82) is 0 Å². The van der Waals surface area contributed by atoms with Crippen LogP contribution in [0.2, 0.25) is 0 Å². The summed E-state index contributed by atoms with van der Waals surface area (Å²) >= 11 is 0. The highest BCUT2D eigenvalue weighted by atomic mass is 16.5. The minimum Gasteiger partial charge on any atom is -0.465 e. The first-order chi connectivity index (χ1) is 7.93.